The van der Waals surface area contributed by atoms with Crippen LogP contribution in [0.15, 0.2) is 30.3 Å². The zero-order chi connectivity index (χ0) is 18.7. The molecule has 5 radical (unpaired) electrons. The van der Waals surface area contributed by atoms with E-state index in [1.807, 2.05) is 49.7 Å². The fourth-order valence-corrected chi connectivity index (χ4v) is 3.57. The molecule has 1 fully saturated rings. The molecule has 0 N–H and O–H groups in total. The molecule has 1 heterocycles. The Morgan fingerprint density at radius 2 is 1.84 bits per heavy atom. The number of hydrogen-bond acceptors (Lipinski definition) is 2. The number of carbonyl (C=O) groups is 1. The largest absolute Gasteiger partial charge is 0.410 e. The van der Waals surface area contributed by atoms with Crippen molar-refractivity contribution < 1.29 is 9.22 Å². The van der Waals surface area contributed by atoms with Crippen LogP contribution >= 0.6 is 0 Å². The molecule has 135 valence electrons. The third-order valence-corrected chi connectivity index (χ3v) is 9.84. The number of nitrogens with zero attached hydrogens (tertiary/aromatic N) is 1. The van der Waals surface area contributed by atoms with Gasteiger partial charge in [-0.15, -0.1) is 0 Å². The molecule has 3 nitrogen and oxygen atoms in total. The molecule has 1 aliphatic heterocycles. The van der Waals surface area contributed by atoms with E-state index in [4.69, 9.17) is 4.43 Å². The van der Waals surface area contributed by atoms with Crippen LogP contribution in [0.5, 0.6) is 0 Å². The minimum absolute atomic E-state index is 0.118. The molecule has 2 rings (SSSR count). The van der Waals surface area contributed by atoms with Crippen molar-refractivity contribution in [2.45, 2.75) is 58.2 Å². The van der Waals surface area contributed by atoms with Crippen LogP contribution < -0.4 is 4.90 Å². The maximum atomic E-state index is 13.1. The van der Waals surface area contributed by atoms with E-state index < -0.39 is 8.32 Å². The van der Waals surface area contributed by atoms with Gasteiger partial charge in [0.1, 0.15) is 12.5 Å². The number of rotatable bonds is 6. The highest BCUT2D eigenvalue weighted by Crippen LogP contribution is 2.38. The molecule has 0 aliphatic carbocycles. The van der Waals surface area contributed by atoms with Crippen molar-refractivity contribution in [2.75, 3.05) is 6.61 Å². The van der Waals surface area contributed by atoms with Gasteiger partial charge in [0, 0.05) is 12.8 Å². The van der Waals surface area contributed by atoms with Crippen LogP contribution in [0.4, 0.5) is 0 Å². The van der Waals surface area contributed by atoms with Crippen LogP contribution in [0.2, 0.25) is 18.1 Å². The summed E-state index contributed by atoms with van der Waals surface area (Å²) in [5.41, 5.74) is 1.07. The predicted octanol–water partition coefficient (Wildman–Crippen LogP) is 4.98. The van der Waals surface area contributed by atoms with Crippen molar-refractivity contribution in [3.63, 3.8) is 0 Å². The van der Waals surface area contributed by atoms with Gasteiger partial charge in [0.25, 0.3) is 0 Å². The topological polar surface area (TPSA) is 32.2 Å². The average molecular weight is 358 g/mol. The Morgan fingerprint density at radius 1 is 1.20 bits per heavy atom. The minimum Gasteiger partial charge on any atom is -0.410 e. The number of benzene rings is 1. The number of hydrogen-bond donors (Lipinski definition) is 0. The van der Waals surface area contributed by atoms with Gasteiger partial charge in [-0.2, -0.15) is 0 Å². The first-order valence-electron chi connectivity index (χ1n) is 9.06. The minimum atomic E-state index is -1.84. The number of carbonyl (C=O) groups excluding carboxylic acids is 1. The summed E-state index contributed by atoms with van der Waals surface area (Å²) in [7, 11) is -1.84. The molecule has 0 bridgehead atoms. The maximum absolute atomic E-state index is 13.1. The van der Waals surface area contributed by atoms with E-state index in [1.165, 1.54) is 0 Å². The second-order valence-corrected chi connectivity index (χ2v) is 12.9. The van der Waals surface area contributed by atoms with Crippen molar-refractivity contribution in [1.29, 1.82) is 0 Å². The normalized spacial score (nSPS) is 18.5. The summed E-state index contributed by atoms with van der Waals surface area (Å²) in [6, 6.07) is 11.0. The average Bonchev–Trinajstić information content (AvgIpc) is 3.02. The lowest BCUT2D eigenvalue weighted by atomic mass is 9.95. The summed E-state index contributed by atoms with van der Waals surface area (Å²) >= 11 is 0. The molecule has 1 aromatic rings. The van der Waals surface area contributed by atoms with E-state index >= 15 is 0 Å². The first-order chi connectivity index (χ1) is 11.7. The van der Waals surface area contributed by atoms with E-state index in [9.17, 15) is 4.79 Å². The molecule has 1 aliphatic rings. The van der Waals surface area contributed by atoms with Crippen molar-refractivity contribution in [1.82, 2.24) is 4.90 Å². The van der Waals surface area contributed by atoms with E-state index in [2.05, 4.69) is 40.8 Å². The second-order valence-electron chi connectivity index (χ2n) is 8.13. The number of likely N-dealkylation sites (tertiary alicyclic amines) is 1. The Balaban J connectivity index is 2.06. The molecular weight excluding hydrogens is 326 g/mol. The molecule has 1 atom stereocenters. The highest BCUT2D eigenvalue weighted by molar-refractivity contribution is 6.74. The van der Waals surface area contributed by atoms with Crippen LogP contribution in [0.3, 0.4) is 0 Å². The fourth-order valence-electron chi connectivity index (χ4n) is 2.63. The Morgan fingerprint density at radius 3 is 2.40 bits per heavy atom. The Kier molecular flexibility index (Phi) is 6.63. The van der Waals surface area contributed by atoms with E-state index in [0.717, 1.165) is 18.0 Å². The summed E-state index contributed by atoms with van der Waals surface area (Å²) in [4.78, 5) is 14.9. The van der Waals surface area contributed by atoms with Crippen molar-refractivity contribution in [3.05, 3.63) is 61.3 Å². The molecule has 1 saturated heterocycles. The zero-order valence-electron chi connectivity index (χ0n) is 16.4. The van der Waals surface area contributed by atoms with Crippen LogP contribution in [0.25, 0.3) is 0 Å². The van der Waals surface area contributed by atoms with Gasteiger partial charge in [-0.3, -0.25) is 0 Å². The van der Waals surface area contributed by atoms with E-state index in [-0.39, 0.29) is 16.9 Å². The van der Waals surface area contributed by atoms with Gasteiger partial charge >= 0.3 is 5.91 Å². The lowest BCUT2D eigenvalue weighted by Gasteiger charge is -2.36. The second kappa shape index (κ2) is 8.15. The van der Waals surface area contributed by atoms with E-state index in [0.29, 0.717) is 6.61 Å². The summed E-state index contributed by atoms with van der Waals surface area (Å²) in [6.45, 7) is 15.6. The quantitative estimate of drug-likeness (QED) is 0.531. The van der Waals surface area contributed by atoms with Crippen molar-refractivity contribution in [2.24, 2.45) is 0 Å². The monoisotopic (exact) mass is 357 g/mol. The van der Waals surface area contributed by atoms with Gasteiger partial charge in [-0.25, -0.2) is 4.79 Å². The van der Waals surface area contributed by atoms with Crippen LogP contribution in [0.1, 0.15) is 45.6 Å². The SMILES string of the molecule is CCC(C(=O)[N+]1[CH][CH][CH][C]1CO[Si](C)(C)C(C)(C)C)c1ccccc1. The molecule has 0 saturated carbocycles. The fraction of sp³-hybridized carbons (Fsp3) is 0.476. The summed E-state index contributed by atoms with van der Waals surface area (Å²) < 4.78 is 6.31. The van der Waals surface area contributed by atoms with Crippen LogP contribution in [-0.4, -0.2) is 20.8 Å². The summed E-state index contributed by atoms with van der Waals surface area (Å²) in [5, 5.41) is 0.157. The standard InChI is InChI=1S/C21H31NO2Si/c1-7-19(17-12-9-8-10-13-17)20(23)22-15-11-14-18(22)16-24-25(5,6)21(2,3)4/h8-15,19H,7,16H2,1-6H3/q+1. The summed E-state index contributed by atoms with van der Waals surface area (Å²) in [5.74, 6) is -0.00671. The molecule has 1 amide bonds. The van der Waals surface area contributed by atoms with Crippen LogP contribution in [-0.2, 0) is 9.22 Å². The third-order valence-electron chi connectivity index (χ3n) is 5.37. The van der Waals surface area contributed by atoms with Gasteiger partial charge in [-0.1, -0.05) is 62.9 Å². The molecule has 0 spiro atoms. The predicted molar refractivity (Wildman–Crippen MR) is 106 cm³/mol. The lowest BCUT2D eigenvalue weighted by Crippen LogP contribution is -2.45. The van der Waals surface area contributed by atoms with Gasteiger partial charge in [0.15, 0.2) is 8.32 Å². The number of amides is 1. The molecule has 1 aromatic carbocycles. The Hall–Kier alpha value is -0.973. The van der Waals surface area contributed by atoms with Crippen molar-refractivity contribution >= 4 is 14.2 Å². The Bertz CT molecular complexity index is 565. The highest BCUT2D eigenvalue weighted by Gasteiger charge is 2.48. The van der Waals surface area contributed by atoms with Gasteiger partial charge in [-0.05, 0) is 30.1 Å². The maximum Gasteiger partial charge on any atom is 0.369 e. The summed E-state index contributed by atoms with van der Waals surface area (Å²) in [6.07, 6.45) is 4.70. The zero-order valence-corrected chi connectivity index (χ0v) is 17.4. The molecule has 4 heteroatoms. The smallest absolute Gasteiger partial charge is 0.369 e. The van der Waals surface area contributed by atoms with Gasteiger partial charge in [0.2, 0.25) is 12.6 Å². The molecule has 0 aromatic heterocycles. The van der Waals surface area contributed by atoms with E-state index in [1.54, 1.807) is 4.90 Å². The van der Waals surface area contributed by atoms with Crippen molar-refractivity contribution in [3.8, 4) is 0 Å². The first kappa shape index (κ1) is 20.3. The van der Waals surface area contributed by atoms with Gasteiger partial charge < -0.3 is 4.43 Å². The molecular formula is C21H31NO2Si+. The van der Waals surface area contributed by atoms with Crippen LogP contribution in [0, 0.1) is 25.4 Å². The lowest BCUT2D eigenvalue weighted by molar-refractivity contribution is -0.125. The first-order valence-corrected chi connectivity index (χ1v) is 12.0. The molecule has 25 heavy (non-hydrogen) atoms. The third kappa shape index (κ3) is 4.81. The molecule has 1 unspecified atom stereocenters. The Labute approximate surface area is 154 Å². The highest BCUT2D eigenvalue weighted by atomic mass is 28.4. The van der Waals surface area contributed by atoms with Gasteiger partial charge in [0.05, 0.1) is 0 Å².